The van der Waals surface area contributed by atoms with Crippen molar-refractivity contribution in [3.63, 3.8) is 0 Å². The lowest BCUT2D eigenvalue weighted by Gasteiger charge is -2.35. The first-order valence-corrected chi connectivity index (χ1v) is 8.54. The van der Waals surface area contributed by atoms with Gasteiger partial charge in [0, 0.05) is 19.7 Å². The van der Waals surface area contributed by atoms with Crippen LogP contribution in [0, 0.1) is 6.92 Å². The average molecular weight is 447 g/mol. The topological polar surface area (TPSA) is 46.1 Å². The maximum atomic E-state index is 6.00. The summed E-state index contributed by atoms with van der Waals surface area (Å²) < 4.78 is 11.4. The number of morpholine rings is 1. The number of aliphatic imine (C=N–C) groups is 1. The van der Waals surface area contributed by atoms with Crippen molar-refractivity contribution in [3.8, 4) is 0 Å². The zero-order chi connectivity index (χ0) is 16.5. The first-order chi connectivity index (χ1) is 11.3. The predicted molar refractivity (Wildman–Crippen MR) is 109 cm³/mol. The van der Waals surface area contributed by atoms with E-state index < -0.39 is 0 Å². The Morgan fingerprint density at radius 2 is 2.17 bits per heavy atom. The zero-order valence-corrected chi connectivity index (χ0v) is 17.3. The van der Waals surface area contributed by atoms with Gasteiger partial charge in [0.1, 0.15) is 6.10 Å². The van der Waals surface area contributed by atoms with Crippen LogP contribution in [0.3, 0.4) is 0 Å². The van der Waals surface area contributed by atoms with Crippen molar-refractivity contribution in [1.29, 1.82) is 0 Å². The summed E-state index contributed by atoms with van der Waals surface area (Å²) in [7, 11) is 0. The number of guanidine groups is 1. The molecule has 2 rings (SSSR count). The first kappa shape index (κ1) is 21.2. The Kier molecular flexibility index (Phi) is 10.3. The molecular formula is C18H30IN3O2. The number of benzene rings is 1. The highest BCUT2D eigenvalue weighted by atomic mass is 127. The van der Waals surface area contributed by atoms with E-state index in [1.807, 2.05) is 6.92 Å². The van der Waals surface area contributed by atoms with Crippen LogP contribution < -0.4 is 5.32 Å². The van der Waals surface area contributed by atoms with E-state index in [0.717, 1.165) is 38.8 Å². The third-order valence-electron chi connectivity index (χ3n) is 3.94. The Morgan fingerprint density at radius 3 is 2.88 bits per heavy atom. The van der Waals surface area contributed by atoms with E-state index in [-0.39, 0.29) is 30.1 Å². The lowest BCUT2D eigenvalue weighted by Crippen LogP contribution is -2.48. The van der Waals surface area contributed by atoms with Gasteiger partial charge >= 0.3 is 0 Å². The van der Waals surface area contributed by atoms with Crippen LogP contribution in [0.1, 0.15) is 31.1 Å². The average Bonchev–Trinajstić information content (AvgIpc) is 2.58. The summed E-state index contributed by atoms with van der Waals surface area (Å²) in [6.07, 6.45) is 0.0979. The Bertz CT molecular complexity index is 511. The molecule has 1 saturated heterocycles. The molecule has 1 aliphatic heterocycles. The van der Waals surface area contributed by atoms with Crippen molar-refractivity contribution in [3.05, 3.63) is 35.4 Å². The van der Waals surface area contributed by atoms with Gasteiger partial charge in [-0.25, -0.2) is 0 Å². The van der Waals surface area contributed by atoms with Crippen LogP contribution in [0.15, 0.2) is 29.3 Å². The molecule has 0 spiro atoms. The fraction of sp³-hybridized carbons (Fsp3) is 0.611. The highest BCUT2D eigenvalue weighted by Gasteiger charge is 2.24. The molecular weight excluding hydrogens is 417 g/mol. The molecule has 0 bridgehead atoms. The quantitative estimate of drug-likeness (QED) is 0.315. The second-order valence-electron chi connectivity index (χ2n) is 5.59. The maximum Gasteiger partial charge on any atom is 0.194 e. The van der Waals surface area contributed by atoms with Crippen molar-refractivity contribution in [2.75, 3.05) is 46.0 Å². The number of halogens is 1. The number of nitrogens with zero attached hydrogens (tertiary/aromatic N) is 2. The molecule has 1 unspecified atom stereocenters. The van der Waals surface area contributed by atoms with Gasteiger partial charge in [0.05, 0.1) is 26.3 Å². The largest absolute Gasteiger partial charge is 0.380 e. The van der Waals surface area contributed by atoms with E-state index >= 15 is 0 Å². The van der Waals surface area contributed by atoms with Crippen molar-refractivity contribution < 1.29 is 9.47 Å². The van der Waals surface area contributed by atoms with E-state index in [2.05, 4.69) is 53.3 Å². The Morgan fingerprint density at radius 1 is 1.38 bits per heavy atom. The van der Waals surface area contributed by atoms with Gasteiger partial charge in [0.25, 0.3) is 0 Å². The van der Waals surface area contributed by atoms with Gasteiger partial charge in [-0.15, -0.1) is 24.0 Å². The smallest absolute Gasteiger partial charge is 0.194 e. The van der Waals surface area contributed by atoms with E-state index in [0.29, 0.717) is 13.2 Å². The third-order valence-corrected chi connectivity index (χ3v) is 3.94. The third kappa shape index (κ3) is 6.22. The number of hydrogen-bond donors (Lipinski definition) is 1. The highest BCUT2D eigenvalue weighted by Crippen LogP contribution is 2.24. The molecule has 5 nitrogen and oxygen atoms in total. The molecule has 24 heavy (non-hydrogen) atoms. The minimum Gasteiger partial charge on any atom is -0.380 e. The van der Waals surface area contributed by atoms with Gasteiger partial charge in [0.15, 0.2) is 5.96 Å². The summed E-state index contributed by atoms with van der Waals surface area (Å²) in [5, 5.41) is 3.38. The molecule has 1 fully saturated rings. The van der Waals surface area contributed by atoms with Crippen molar-refractivity contribution in [1.82, 2.24) is 10.2 Å². The van der Waals surface area contributed by atoms with Crippen LogP contribution in [0.25, 0.3) is 0 Å². The molecule has 0 saturated carbocycles. The zero-order valence-electron chi connectivity index (χ0n) is 15.0. The molecule has 0 aliphatic carbocycles. The van der Waals surface area contributed by atoms with E-state index in [1.165, 1.54) is 11.1 Å². The number of hydrogen-bond acceptors (Lipinski definition) is 3. The summed E-state index contributed by atoms with van der Waals surface area (Å²) in [4.78, 5) is 6.96. The second kappa shape index (κ2) is 11.7. The fourth-order valence-electron chi connectivity index (χ4n) is 2.76. The van der Waals surface area contributed by atoms with Crippen LogP contribution in [0.4, 0.5) is 0 Å². The van der Waals surface area contributed by atoms with Crippen molar-refractivity contribution >= 4 is 29.9 Å². The molecule has 1 aromatic rings. The van der Waals surface area contributed by atoms with E-state index in [4.69, 9.17) is 9.47 Å². The normalized spacial score (nSPS) is 18.2. The minimum absolute atomic E-state index is 0. The Labute approximate surface area is 162 Å². The monoisotopic (exact) mass is 447 g/mol. The fourth-order valence-corrected chi connectivity index (χ4v) is 2.76. The number of aryl methyl sites for hydroxylation is 1. The molecule has 136 valence electrons. The molecule has 0 radical (unpaired) electrons. The minimum atomic E-state index is 0. The van der Waals surface area contributed by atoms with Gasteiger partial charge < -0.3 is 19.7 Å². The Hall–Kier alpha value is -0.860. The lowest BCUT2D eigenvalue weighted by molar-refractivity contribution is -0.00837. The molecule has 0 aromatic heterocycles. The number of rotatable bonds is 6. The van der Waals surface area contributed by atoms with E-state index in [9.17, 15) is 0 Å². The molecule has 1 heterocycles. The summed E-state index contributed by atoms with van der Waals surface area (Å²) in [5.41, 5.74) is 2.54. The molecule has 1 atom stereocenters. The summed E-state index contributed by atoms with van der Waals surface area (Å²) in [6, 6.07) is 8.44. The van der Waals surface area contributed by atoms with Crippen LogP contribution in [0.2, 0.25) is 0 Å². The van der Waals surface area contributed by atoms with Crippen LogP contribution in [-0.2, 0) is 9.47 Å². The summed E-state index contributed by atoms with van der Waals surface area (Å²) in [5.74, 6) is 0.953. The van der Waals surface area contributed by atoms with Crippen LogP contribution in [-0.4, -0.2) is 56.9 Å². The Balaban J connectivity index is 0.00000288. The SMILES string of the molecule is CCNC(=NCCOCC)N1CCOC(c2ccccc2C)C1.I. The maximum absolute atomic E-state index is 6.00. The number of ether oxygens (including phenoxy) is 2. The molecule has 1 aromatic carbocycles. The standard InChI is InChI=1S/C18H29N3O2.HI/c1-4-19-18(20-10-12-22-5-2)21-11-13-23-17(14-21)16-9-7-6-8-15(16)3;/h6-9,17H,4-5,10-14H2,1-3H3,(H,19,20);1H. The van der Waals surface area contributed by atoms with Gasteiger partial charge in [-0.05, 0) is 31.9 Å². The molecule has 1 aliphatic rings. The predicted octanol–water partition coefficient (Wildman–Crippen LogP) is 2.99. The molecule has 1 N–H and O–H groups in total. The van der Waals surface area contributed by atoms with Crippen molar-refractivity contribution in [2.45, 2.75) is 26.9 Å². The van der Waals surface area contributed by atoms with Crippen molar-refractivity contribution in [2.24, 2.45) is 4.99 Å². The molecule has 6 heteroatoms. The second-order valence-corrected chi connectivity index (χ2v) is 5.59. The first-order valence-electron chi connectivity index (χ1n) is 8.54. The van der Waals surface area contributed by atoms with Gasteiger partial charge in [-0.3, -0.25) is 4.99 Å². The van der Waals surface area contributed by atoms with Gasteiger partial charge in [-0.1, -0.05) is 24.3 Å². The van der Waals surface area contributed by atoms with Crippen LogP contribution >= 0.6 is 24.0 Å². The van der Waals surface area contributed by atoms with Crippen LogP contribution in [0.5, 0.6) is 0 Å². The summed E-state index contributed by atoms with van der Waals surface area (Å²) >= 11 is 0. The lowest BCUT2D eigenvalue weighted by atomic mass is 10.0. The van der Waals surface area contributed by atoms with Gasteiger partial charge in [0.2, 0.25) is 0 Å². The highest BCUT2D eigenvalue weighted by molar-refractivity contribution is 14.0. The van der Waals surface area contributed by atoms with E-state index in [1.54, 1.807) is 0 Å². The molecule has 0 amide bonds. The summed E-state index contributed by atoms with van der Waals surface area (Å²) in [6.45, 7) is 11.6. The number of nitrogens with one attached hydrogen (secondary N) is 1. The van der Waals surface area contributed by atoms with Gasteiger partial charge in [-0.2, -0.15) is 0 Å².